The Hall–Kier alpha value is -2.95. The van der Waals surface area contributed by atoms with Crippen molar-refractivity contribution in [3.63, 3.8) is 0 Å². The van der Waals surface area contributed by atoms with Crippen molar-refractivity contribution in [2.24, 2.45) is 0 Å². The van der Waals surface area contributed by atoms with Crippen LogP contribution in [0, 0.1) is 0 Å². The highest BCUT2D eigenvalue weighted by Gasteiger charge is 2.25. The van der Waals surface area contributed by atoms with Gasteiger partial charge in [0.05, 0.1) is 13.2 Å². The van der Waals surface area contributed by atoms with E-state index in [0.717, 1.165) is 42.6 Å². The number of hydrogen-bond acceptors (Lipinski definition) is 2. The molecule has 2 amide bonds. The number of ether oxygens (including phenoxy) is 1. The Bertz CT molecular complexity index is 930. The molecule has 1 atom stereocenters. The Balaban J connectivity index is 1.35. The van der Waals surface area contributed by atoms with Crippen LogP contribution in [0.3, 0.4) is 0 Å². The van der Waals surface area contributed by atoms with Crippen molar-refractivity contribution in [2.45, 2.75) is 31.7 Å². The summed E-state index contributed by atoms with van der Waals surface area (Å²) in [5.74, 6) is 0.843. The van der Waals surface area contributed by atoms with E-state index in [-0.39, 0.29) is 12.1 Å². The van der Waals surface area contributed by atoms with Crippen molar-refractivity contribution in [3.05, 3.63) is 65.4 Å². The summed E-state index contributed by atoms with van der Waals surface area (Å²) in [7, 11) is 1.66. The van der Waals surface area contributed by atoms with Crippen molar-refractivity contribution < 1.29 is 9.53 Å². The molecule has 2 aromatic carbocycles. The summed E-state index contributed by atoms with van der Waals surface area (Å²) in [6.45, 7) is 0.602. The topological polar surface area (TPSA) is 66.2 Å². The highest BCUT2D eigenvalue weighted by atomic mass is 16.5. The second kappa shape index (κ2) is 7.74. The summed E-state index contributed by atoms with van der Waals surface area (Å²) in [5.41, 5.74) is 4.83. The van der Waals surface area contributed by atoms with Crippen LogP contribution in [-0.4, -0.2) is 24.7 Å². The van der Waals surface area contributed by atoms with E-state index >= 15 is 0 Å². The van der Waals surface area contributed by atoms with Crippen LogP contribution in [0.4, 0.5) is 4.79 Å². The number of benzene rings is 2. The number of methoxy groups -OCH3 is 1. The SMILES string of the molecule is COc1ccc(CCNC(=O)NC2CCCc3c2[nH]c2ccccc32)cc1. The summed E-state index contributed by atoms with van der Waals surface area (Å²) in [6.07, 6.45) is 3.91. The van der Waals surface area contributed by atoms with Crippen LogP contribution in [0.15, 0.2) is 48.5 Å². The fourth-order valence-corrected chi connectivity index (χ4v) is 3.88. The first-order valence-electron chi connectivity index (χ1n) is 9.51. The van der Waals surface area contributed by atoms with Crippen LogP contribution in [-0.2, 0) is 12.8 Å². The number of aromatic nitrogens is 1. The van der Waals surface area contributed by atoms with Crippen molar-refractivity contribution in [1.82, 2.24) is 15.6 Å². The molecular formula is C22H25N3O2. The average Bonchev–Trinajstić information content (AvgIpc) is 3.08. The van der Waals surface area contributed by atoms with Crippen molar-refractivity contribution in [2.75, 3.05) is 13.7 Å². The van der Waals surface area contributed by atoms with E-state index in [0.29, 0.717) is 6.54 Å². The number of hydrogen-bond donors (Lipinski definition) is 3. The molecular weight excluding hydrogens is 338 g/mol. The zero-order chi connectivity index (χ0) is 18.6. The van der Waals surface area contributed by atoms with Gasteiger partial charge in [-0.2, -0.15) is 0 Å². The molecule has 0 aliphatic heterocycles. The second-order valence-electron chi connectivity index (χ2n) is 7.01. The first-order valence-corrected chi connectivity index (χ1v) is 9.51. The lowest BCUT2D eigenvalue weighted by molar-refractivity contribution is 0.235. The fourth-order valence-electron chi connectivity index (χ4n) is 3.88. The van der Waals surface area contributed by atoms with Crippen LogP contribution in [0.2, 0.25) is 0 Å². The first kappa shape index (κ1) is 17.5. The minimum Gasteiger partial charge on any atom is -0.497 e. The molecule has 3 aromatic rings. The molecule has 27 heavy (non-hydrogen) atoms. The lowest BCUT2D eigenvalue weighted by Gasteiger charge is -2.24. The summed E-state index contributed by atoms with van der Waals surface area (Å²) in [6, 6.07) is 16.2. The lowest BCUT2D eigenvalue weighted by atomic mass is 9.92. The van der Waals surface area contributed by atoms with Gasteiger partial charge in [-0.15, -0.1) is 0 Å². The minimum atomic E-state index is -0.111. The predicted octanol–water partition coefficient (Wildman–Crippen LogP) is 4.10. The van der Waals surface area contributed by atoms with E-state index in [1.54, 1.807) is 7.11 Å². The van der Waals surface area contributed by atoms with Gasteiger partial charge in [0.1, 0.15) is 5.75 Å². The maximum absolute atomic E-state index is 12.4. The Morgan fingerprint density at radius 3 is 2.81 bits per heavy atom. The number of H-pyrrole nitrogens is 1. The maximum Gasteiger partial charge on any atom is 0.315 e. The number of para-hydroxylation sites is 1. The van der Waals surface area contributed by atoms with E-state index < -0.39 is 0 Å². The number of amides is 2. The minimum absolute atomic E-state index is 0.0436. The Kier molecular flexibility index (Phi) is 5.01. The molecule has 0 saturated carbocycles. The predicted molar refractivity (Wildman–Crippen MR) is 107 cm³/mol. The number of nitrogens with one attached hydrogen (secondary N) is 3. The van der Waals surface area contributed by atoms with Crippen LogP contribution in [0.5, 0.6) is 5.75 Å². The highest BCUT2D eigenvalue weighted by molar-refractivity contribution is 5.85. The second-order valence-corrected chi connectivity index (χ2v) is 7.01. The van der Waals surface area contributed by atoms with E-state index in [9.17, 15) is 4.79 Å². The van der Waals surface area contributed by atoms with Gasteiger partial charge in [-0.05, 0) is 55.0 Å². The van der Waals surface area contributed by atoms with Gasteiger partial charge in [-0.25, -0.2) is 4.79 Å². The Labute approximate surface area is 159 Å². The Morgan fingerprint density at radius 1 is 1.19 bits per heavy atom. The van der Waals surface area contributed by atoms with Gasteiger partial charge < -0.3 is 20.4 Å². The standard InChI is InChI=1S/C22H25N3O2/c1-27-16-11-9-15(10-12-16)13-14-23-22(26)25-20-8-4-6-18-17-5-2-3-7-19(17)24-21(18)20/h2-3,5,7,9-12,20,24H,4,6,8,13-14H2,1H3,(H2,23,25,26). The molecule has 1 unspecified atom stereocenters. The van der Waals surface area contributed by atoms with Gasteiger partial charge in [0.2, 0.25) is 0 Å². The largest absolute Gasteiger partial charge is 0.497 e. The normalized spacial score (nSPS) is 16.0. The van der Waals surface area contributed by atoms with Gasteiger partial charge >= 0.3 is 6.03 Å². The lowest BCUT2D eigenvalue weighted by Crippen LogP contribution is -2.40. The number of aromatic amines is 1. The van der Waals surface area contributed by atoms with E-state index in [4.69, 9.17) is 4.74 Å². The molecule has 5 nitrogen and oxygen atoms in total. The van der Waals surface area contributed by atoms with Crippen LogP contribution >= 0.6 is 0 Å². The Morgan fingerprint density at radius 2 is 2.00 bits per heavy atom. The van der Waals surface area contributed by atoms with E-state index in [2.05, 4.69) is 33.8 Å². The van der Waals surface area contributed by atoms with Gasteiger partial charge in [0.15, 0.2) is 0 Å². The maximum atomic E-state index is 12.4. The van der Waals surface area contributed by atoms with Gasteiger partial charge in [0.25, 0.3) is 0 Å². The average molecular weight is 363 g/mol. The summed E-state index contributed by atoms with van der Waals surface area (Å²) < 4.78 is 5.16. The summed E-state index contributed by atoms with van der Waals surface area (Å²) in [5, 5.41) is 7.39. The van der Waals surface area contributed by atoms with Gasteiger partial charge in [-0.3, -0.25) is 0 Å². The molecule has 0 bridgehead atoms. The molecule has 0 saturated heterocycles. The van der Waals surface area contributed by atoms with Crippen molar-refractivity contribution in [1.29, 1.82) is 0 Å². The molecule has 1 heterocycles. The molecule has 3 N–H and O–H groups in total. The zero-order valence-corrected chi connectivity index (χ0v) is 15.5. The highest BCUT2D eigenvalue weighted by Crippen LogP contribution is 2.34. The molecule has 1 aliphatic carbocycles. The molecule has 0 spiro atoms. The first-order chi connectivity index (χ1) is 13.2. The van der Waals surface area contributed by atoms with E-state index in [1.807, 2.05) is 30.3 Å². The fraction of sp³-hybridized carbons (Fsp3) is 0.318. The van der Waals surface area contributed by atoms with Gasteiger partial charge in [-0.1, -0.05) is 30.3 Å². The molecule has 0 fully saturated rings. The third-order valence-electron chi connectivity index (χ3n) is 5.28. The van der Waals surface area contributed by atoms with E-state index in [1.165, 1.54) is 16.5 Å². The third kappa shape index (κ3) is 3.77. The smallest absolute Gasteiger partial charge is 0.315 e. The number of carbonyl (C=O) groups excluding carboxylic acids is 1. The number of rotatable bonds is 5. The molecule has 1 aliphatic rings. The van der Waals surface area contributed by atoms with Crippen molar-refractivity contribution in [3.8, 4) is 5.75 Å². The third-order valence-corrected chi connectivity index (χ3v) is 5.28. The monoisotopic (exact) mass is 363 g/mol. The number of carbonyl (C=O) groups is 1. The van der Waals surface area contributed by atoms with Crippen LogP contribution in [0.25, 0.3) is 10.9 Å². The molecule has 4 rings (SSSR count). The van der Waals surface area contributed by atoms with Gasteiger partial charge in [0, 0.05) is 23.1 Å². The number of aryl methyl sites for hydroxylation is 1. The van der Waals surface area contributed by atoms with Crippen molar-refractivity contribution >= 4 is 16.9 Å². The van der Waals surface area contributed by atoms with Crippen LogP contribution < -0.4 is 15.4 Å². The zero-order valence-electron chi connectivity index (χ0n) is 15.5. The number of fused-ring (bicyclic) bond motifs is 3. The molecule has 0 radical (unpaired) electrons. The molecule has 140 valence electrons. The summed E-state index contributed by atoms with van der Waals surface area (Å²) >= 11 is 0. The summed E-state index contributed by atoms with van der Waals surface area (Å²) in [4.78, 5) is 15.9. The van der Waals surface area contributed by atoms with Crippen LogP contribution in [0.1, 0.15) is 35.7 Å². The number of urea groups is 1. The quantitative estimate of drug-likeness (QED) is 0.639. The molecule has 5 heteroatoms. The molecule has 1 aromatic heterocycles.